The number of aromatic nitrogens is 2. The van der Waals surface area contributed by atoms with E-state index in [0.29, 0.717) is 17.4 Å². The van der Waals surface area contributed by atoms with Crippen molar-refractivity contribution < 1.29 is 9.72 Å². The third-order valence-electron chi connectivity index (χ3n) is 2.41. The van der Waals surface area contributed by atoms with Gasteiger partial charge in [0.1, 0.15) is 5.51 Å². The molecule has 1 heterocycles. The molecule has 0 fully saturated rings. The number of nitrogens with zero attached hydrogens (tertiary/aromatic N) is 3. The SMILES string of the molecule is CCNc1ccc([N+](=O)[O-])cc1C(=O)Nc1nncs1. The first-order valence-corrected chi connectivity index (χ1v) is 6.59. The van der Waals surface area contributed by atoms with Gasteiger partial charge in [-0.15, -0.1) is 10.2 Å². The lowest BCUT2D eigenvalue weighted by Gasteiger charge is -2.09. The van der Waals surface area contributed by atoms with E-state index in [9.17, 15) is 14.9 Å². The van der Waals surface area contributed by atoms with Gasteiger partial charge >= 0.3 is 0 Å². The molecule has 0 aliphatic rings. The quantitative estimate of drug-likeness (QED) is 0.645. The van der Waals surface area contributed by atoms with Crippen LogP contribution in [0.15, 0.2) is 23.7 Å². The van der Waals surface area contributed by atoms with Crippen LogP contribution in [0.1, 0.15) is 17.3 Å². The zero-order valence-electron chi connectivity index (χ0n) is 10.5. The Labute approximate surface area is 118 Å². The van der Waals surface area contributed by atoms with Crippen LogP contribution in [0.2, 0.25) is 0 Å². The molecule has 0 unspecified atom stereocenters. The number of carbonyl (C=O) groups is 1. The minimum atomic E-state index is -0.544. The Balaban J connectivity index is 2.33. The van der Waals surface area contributed by atoms with Gasteiger partial charge < -0.3 is 5.32 Å². The van der Waals surface area contributed by atoms with Gasteiger partial charge in [-0.2, -0.15) is 0 Å². The highest BCUT2D eigenvalue weighted by atomic mass is 32.1. The van der Waals surface area contributed by atoms with Gasteiger partial charge in [-0.1, -0.05) is 11.3 Å². The molecule has 2 aromatic rings. The number of hydrogen-bond acceptors (Lipinski definition) is 7. The molecule has 0 aliphatic heterocycles. The van der Waals surface area contributed by atoms with E-state index < -0.39 is 10.8 Å². The Morgan fingerprint density at radius 2 is 2.30 bits per heavy atom. The van der Waals surface area contributed by atoms with Gasteiger partial charge in [0.2, 0.25) is 5.13 Å². The molecule has 2 N–H and O–H groups in total. The summed E-state index contributed by atoms with van der Waals surface area (Å²) in [5.74, 6) is -0.471. The van der Waals surface area contributed by atoms with Crippen LogP contribution in [0.25, 0.3) is 0 Å². The van der Waals surface area contributed by atoms with Crippen LogP contribution in [0.4, 0.5) is 16.5 Å². The molecule has 0 atom stereocenters. The summed E-state index contributed by atoms with van der Waals surface area (Å²) in [7, 11) is 0. The number of carbonyl (C=O) groups excluding carboxylic acids is 1. The van der Waals surface area contributed by atoms with E-state index in [0.717, 1.165) is 0 Å². The van der Waals surface area contributed by atoms with E-state index in [4.69, 9.17) is 0 Å². The Hall–Kier alpha value is -2.55. The van der Waals surface area contributed by atoms with Crippen molar-refractivity contribution >= 4 is 33.8 Å². The Morgan fingerprint density at radius 1 is 1.50 bits per heavy atom. The van der Waals surface area contributed by atoms with E-state index in [1.54, 1.807) is 0 Å². The highest BCUT2D eigenvalue weighted by Crippen LogP contribution is 2.23. The second kappa shape index (κ2) is 6.06. The number of anilines is 2. The summed E-state index contributed by atoms with van der Waals surface area (Å²) in [4.78, 5) is 22.4. The number of hydrogen-bond donors (Lipinski definition) is 2. The number of benzene rings is 1. The van der Waals surface area contributed by atoms with Crippen LogP contribution in [0, 0.1) is 10.1 Å². The van der Waals surface area contributed by atoms with E-state index in [2.05, 4.69) is 20.8 Å². The predicted molar refractivity (Wildman–Crippen MR) is 75.1 cm³/mol. The molecule has 0 aliphatic carbocycles. The summed E-state index contributed by atoms with van der Waals surface area (Å²) in [5.41, 5.74) is 2.05. The van der Waals surface area contributed by atoms with Crippen molar-refractivity contribution in [1.29, 1.82) is 0 Å². The summed E-state index contributed by atoms with van der Waals surface area (Å²) in [6, 6.07) is 4.09. The van der Waals surface area contributed by atoms with Crippen molar-refractivity contribution in [3.63, 3.8) is 0 Å². The predicted octanol–water partition coefficient (Wildman–Crippen LogP) is 2.13. The molecule has 1 aromatic heterocycles. The molecule has 8 nitrogen and oxygen atoms in total. The van der Waals surface area contributed by atoms with Gasteiger partial charge in [0.25, 0.3) is 11.6 Å². The molecule has 0 saturated carbocycles. The van der Waals surface area contributed by atoms with E-state index in [1.807, 2.05) is 6.92 Å². The molecule has 0 spiro atoms. The van der Waals surface area contributed by atoms with E-state index in [1.165, 1.54) is 35.0 Å². The molecule has 2 rings (SSSR count). The third kappa shape index (κ3) is 3.06. The molecule has 0 radical (unpaired) electrons. The number of nitro groups is 1. The standard InChI is InChI=1S/C11H11N5O3S/c1-2-12-9-4-3-7(16(18)19)5-8(9)10(17)14-11-15-13-6-20-11/h3-6,12H,2H2,1H3,(H,14,15,17). The smallest absolute Gasteiger partial charge is 0.270 e. The summed E-state index contributed by atoms with van der Waals surface area (Å²) in [6.07, 6.45) is 0. The zero-order chi connectivity index (χ0) is 14.5. The fraction of sp³-hybridized carbons (Fsp3) is 0.182. The maximum absolute atomic E-state index is 12.1. The van der Waals surface area contributed by atoms with Gasteiger partial charge in [0.15, 0.2) is 0 Å². The van der Waals surface area contributed by atoms with Crippen molar-refractivity contribution in [2.45, 2.75) is 6.92 Å². The first-order valence-electron chi connectivity index (χ1n) is 5.71. The Kier molecular flexibility index (Phi) is 4.20. The maximum Gasteiger partial charge on any atom is 0.270 e. The number of rotatable bonds is 5. The minimum absolute atomic E-state index is 0.144. The molecule has 1 aromatic carbocycles. The van der Waals surface area contributed by atoms with Crippen molar-refractivity contribution in [3.8, 4) is 0 Å². The van der Waals surface area contributed by atoms with Crippen LogP contribution in [0.5, 0.6) is 0 Å². The summed E-state index contributed by atoms with van der Waals surface area (Å²) in [6.45, 7) is 2.46. The molecule has 104 valence electrons. The first kappa shape index (κ1) is 13.9. The third-order valence-corrected chi connectivity index (χ3v) is 3.01. The molecule has 0 saturated heterocycles. The lowest BCUT2D eigenvalue weighted by Crippen LogP contribution is -2.15. The van der Waals surface area contributed by atoms with E-state index in [-0.39, 0.29) is 11.3 Å². The van der Waals surface area contributed by atoms with Crippen molar-refractivity contribution in [3.05, 3.63) is 39.4 Å². The normalized spacial score (nSPS) is 10.1. The molecular weight excluding hydrogens is 282 g/mol. The van der Waals surface area contributed by atoms with Gasteiger partial charge in [0, 0.05) is 24.4 Å². The Morgan fingerprint density at radius 3 is 2.90 bits per heavy atom. The van der Waals surface area contributed by atoms with Gasteiger partial charge in [-0.05, 0) is 13.0 Å². The van der Waals surface area contributed by atoms with Gasteiger partial charge in [0.05, 0.1) is 10.5 Å². The van der Waals surface area contributed by atoms with Crippen molar-refractivity contribution in [2.75, 3.05) is 17.2 Å². The molecule has 20 heavy (non-hydrogen) atoms. The minimum Gasteiger partial charge on any atom is -0.385 e. The molecule has 0 bridgehead atoms. The van der Waals surface area contributed by atoms with Crippen molar-refractivity contribution in [1.82, 2.24) is 10.2 Å². The molecule has 9 heteroatoms. The number of amides is 1. The summed E-state index contributed by atoms with van der Waals surface area (Å²) in [5, 5.41) is 24.0. The lowest BCUT2D eigenvalue weighted by atomic mass is 10.1. The molecule has 1 amide bonds. The second-order valence-corrected chi connectivity index (χ2v) is 4.55. The number of non-ortho nitro benzene ring substituents is 1. The monoisotopic (exact) mass is 293 g/mol. The second-order valence-electron chi connectivity index (χ2n) is 3.72. The van der Waals surface area contributed by atoms with Gasteiger partial charge in [-0.3, -0.25) is 20.2 Å². The van der Waals surface area contributed by atoms with Crippen LogP contribution in [-0.4, -0.2) is 27.6 Å². The van der Waals surface area contributed by atoms with Crippen LogP contribution in [-0.2, 0) is 0 Å². The van der Waals surface area contributed by atoms with Crippen LogP contribution < -0.4 is 10.6 Å². The van der Waals surface area contributed by atoms with Crippen LogP contribution in [0.3, 0.4) is 0 Å². The average molecular weight is 293 g/mol. The topological polar surface area (TPSA) is 110 Å². The lowest BCUT2D eigenvalue weighted by molar-refractivity contribution is -0.384. The van der Waals surface area contributed by atoms with E-state index >= 15 is 0 Å². The van der Waals surface area contributed by atoms with Gasteiger partial charge in [-0.25, -0.2) is 0 Å². The number of nitro benzene ring substituents is 1. The van der Waals surface area contributed by atoms with Crippen molar-refractivity contribution in [2.24, 2.45) is 0 Å². The zero-order valence-corrected chi connectivity index (χ0v) is 11.3. The largest absolute Gasteiger partial charge is 0.385 e. The molecular formula is C11H11N5O3S. The summed E-state index contributed by atoms with van der Waals surface area (Å²) < 4.78 is 0. The number of nitrogens with one attached hydrogen (secondary N) is 2. The van der Waals surface area contributed by atoms with Crippen LogP contribution >= 0.6 is 11.3 Å². The summed E-state index contributed by atoms with van der Waals surface area (Å²) >= 11 is 1.17. The Bertz CT molecular complexity index is 629. The highest BCUT2D eigenvalue weighted by Gasteiger charge is 2.17. The highest BCUT2D eigenvalue weighted by molar-refractivity contribution is 7.13. The maximum atomic E-state index is 12.1. The average Bonchev–Trinajstić information content (AvgIpc) is 2.92. The fourth-order valence-corrected chi connectivity index (χ4v) is 2.01. The first-order chi connectivity index (χ1) is 9.61. The fourth-order valence-electron chi connectivity index (χ4n) is 1.57.